The zero-order valence-electron chi connectivity index (χ0n) is 10.7. The van der Waals surface area contributed by atoms with Crippen molar-refractivity contribution in [2.24, 2.45) is 0 Å². The first-order valence-electron chi connectivity index (χ1n) is 5.90. The van der Waals surface area contributed by atoms with E-state index in [4.69, 9.17) is 16.3 Å². The van der Waals surface area contributed by atoms with Crippen LogP contribution in [-0.4, -0.2) is 11.9 Å². The zero-order chi connectivity index (χ0) is 14.5. The van der Waals surface area contributed by atoms with E-state index in [9.17, 15) is 9.59 Å². The van der Waals surface area contributed by atoms with Crippen molar-refractivity contribution in [2.75, 3.05) is 5.32 Å². The van der Waals surface area contributed by atoms with Gasteiger partial charge in [0.15, 0.2) is 0 Å². The third-order valence-corrected chi connectivity index (χ3v) is 2.79. The molecule has 0 aliphatic carbocycles. The lowest BCUT2D eigenvalue weighted by atomic mass is 10.2. The van der Waals surface area contributed by atoms with Crippen molar-refractivity contribution < 1.29 is 14.3 Å². The van der Waals surface area contributed by atoms with Gasteiger partial charge in [0.1, 0.15) is 5.75 Å². The highest BCUT2D eigenvalue weighted by Gasteiger charge is 2.14. The topological polar surface area (TPSA) is 55.4 Å². The van der Waals surface area contributed by atoms with Crippen molar-refractivity contribution >= 4 is 29.2 Å². The maximum atomic E-state index is 12.1. The molecule has 1 amide bonds. The number of ether oxygens (including phenoxy) is 1. The second kappa shape index (κ2) is 6.21. The summed E-state index contributed by atoms with van der Waals surface area (Å²) in [6.45, 7) is 1.39. The molecule has 0 aliphatic heterocycles. The number of nitrogens with one attached hydrogen (secondary N) is 1. The van der Waals surface area contributed by atoms with Crippen molar-refractivity contribution in [1.82, 2.24) is 0 Å². The van der Waals surface area contributed by atoms with E-state index in [1.54, 1.807) is 30.3 Å². The van der Waals surface area contributed by atoms with Crippen molar-refractivity contribution in [3.8, 4) is 5.75 Å². The summed E-state index contributed by atoms with van der Waals surface area (Å²) in [6, 6.07) is 13.3. The molecule has 0 aromatic heterocycles. The van der Waals surface area contributed by atoms with Gasteiger partial charge in [0.2, 0.25) is 5.91 Å². The first-order chi connectivity index (χ1) is 9.56. The molecule has 0 bridgehead atoms. The average molecular weight is 290 g/mol. The van der Waals surface area contributed by atoms with Crippen LogP contribution in [0.15, 0.2) is 48.5 Å². The second-order valence-electron chi connectivity index (χ2n) is 4.08. The molecule has 0 aliphatic rings. The highest BCUT2D eigenvalue weighted by Crippen LogP contribution is 2.22. The van der Waals surface area contributed by atoms with E-state index in [-0.39, 0.29) is 16.5 Å². The van der Waals surface area contributed by atoms with E-state index in [2.05, 4.69) is 5.32 Å². The fraction of sp³-hybridized carbons (Fsp3) is 0.0667. The third kappa shape index (κ3) is 3.59. The summed E-state index contributed by atoms with van der Waals surface area (Å²) in [5, 5.41) is 2.85. The minimum atomic E-state index is -0.576. The standard InChI is InChI=1S/C15H12ClNO3/c1-10(18)17-11-7-8-14(16)13(9-11)15(19)20-12-5-3-2-4-6-12/h2-9H,1H3,(H,17,18). The predicted molar refractivity (Wildman–Crippen MR) is 77.2 cm³/mol. The summed E-state index contributed by atoms with van der Waals surface area (Å²) in [5.74, 6) is -0.374. The van der Waals surface area contributed by atoms with Crippen LogP contribution in [0, 0.1) is 0 Å². The Kier molecular flexibility index (Phi) is 4.38. The lowest BCUT2D eigenvalue weighted by Gasteiger charge is -2.08. The molecule has 0 heterocycles. The number of rotatable bonds is 3. The predicted octanol–water partition coefficient (Wildman–Crippen LogP) is 3.52. The van der Waals surface area contributed by atoms with Gasteiger partial charge in [-0.2, -0.15) is 0 Å². The smallest absolute Gasteiger partial charge is 0.345 e. The number of hydrogen-bond donors (Lipinski definition) is 1. The Morgan fingerprint density at radius 3 is 2.45 bits per heavy atom. The normalized spacial score (nSPS) is 9.90. The van der Waals surface area contributed by atoms with Gasteiger partial charge >= 0.3 is 5.97 Å². The first-order valence-corrected chi connectivity index (χ1v) is 6.28. The van der Waals surface area contributed by atoms with E-state index < -0.39 is 5.97 Å². The number of para-hydroxylation sites is 1. The summed E-state index contributed by atoms with van der Waals surface area (Å²) in [7, 11) is 0. The Morgan fingerprint density at radius 1 is 1.10 bits per heavy atom. The number of carbonyl (C=O) groups excluding carboxylic acids is 2. The van der Waals surface area contributed by atoms with Crippen molar-refractivity contribution in [3.63, 3.8) is 0 Å². The maximum Gasteiger partial charge on any atom is 0.345 e. The Balaban J connectivity index is 2.22. The van der Waals surface area contributed by atoms with Crippen LogP contribution < -0.4 is 10.1 Å². The van der Waals surface area contributed by atoms with E-state index in [1.807, 2.05) is 6.07 Å². The molecule has 0 radical (unpaired) electrons. The average Bonchev–Trinajstić information content (AvgIpc) is 2.41. The monoisotopic (exact) mass is 289 g/mol. The Bertz CT molecular complexity index is 641. The fourth-order valence-electron chi connectivity index (χ4n) is 1.61. The van der Waals surface area contributed by atoms with Crippen LogP contribution in [0.4, 0.5) is 5.69 Å². The minimum Gasteiger partial charge on any atom is -0.423 e. The molecule has 4 nitrogen and oxygen atoms in total. The fourth-order valence-corrected chi connectivity index (χ4v) is 1.81. The molecule has 0 unspecified atom stereocenters. The molecule has 20 heavy (non-hydrogen) atoms. The molecule has 0 spiro atoms. The summed E-state index contributed by atoms with van der Waals surface area (Å²) >= 11 is 5.98. The van der Waals surface area contributed by atoms with E-state index in [0.717, 1.165) is 0 Å². The van der Waals surface area contributed by atoms with Gasteiger partial charge in [-0.15, -0.1) is 0 Å². The number of anilines is 1. The summed E-state index contributed by atoms with van der Waals surface area (Å²) < 4.78 is 5.21. The van der Waals surface area contributed by atoms with Crippen LogP contribution in [0.3, 0.4) is 0 Å². The van der Waals surface area contributed by atoms with Crippen LogP contribution >= 0.6 is 11.6 Å². The van der Waals surface area contributed by atoms with Gasteiger partial charge in [-0.25, -0.2) is 4.79 Å². The van der Waals surface area contributed by atoms with Gasteiger partial charge in [-0.1, -0.05) is 29.8 Å². The van der Waals surface area contributed by atoms with Crippen LogP contribution in [0.1, 0.15) is 17.3 Å². The molecule has 2 aromatic rings. The molecule has 5 heteroatoms. The number of benzene rings is 2. The summed E-state index contributed by atoms with van der Waals surface area (Å²) in [6.07, 6.45) is 0. The second-order valence-corrected chi connectivity index (χ2v) is 4.49. The van der Waals surface area contributed by atoms with Gasteiger partial charge in [0.25, 0.3) is 0 Å². The molecule has 0 saturated heterocycles. The Labute approximate surface area is 121 Å². The molecular formula is C15H12ClNO3. The van der Waals surface area contributed by atoms with Gasteiger partial charge in [-0.05, 0) is 30.3 Å². The highest BCUT2D eigenvalue weighted by molar-refractivity contribution is 6.33. The molecule has 2 aromatic carbocycles. The number of halogens is 1. The van der Waals surface area contributed by atoms with Crippen molar-refractivity contribution in [2.45, 2.75) is 6.92 Å². The molecule has 2 rings (SSSR count). The largest absolute Gasteiger partial charge is 0.423 e. The quantitative estimate of drug-likeness (QED) is 0.695. The van der Waals surface area contributed by atoms with Crippen LogP contribution in [0.5, 0.6) is 5.75 Å². The number of esters is 1. The first kappa shape index (κ1) is 14.1. The Morgan fingerprint density at radius 2 is 1.80 bits per heavy atom. The number of amides is 1. The van der Waals surface area contributed by atoms with Gasteiger partial charge < -0.3 is 10.1 Å². The van der Waals surface area contributed by atoms with Crippen molar-refractivity contribution in [1.29, 1.82) is 0 Å². The van der Waals surface area contributed by atoms with Gasteiger partial charge in [0, 0.05) is 12.6 Å². The lowest BCUT2D eigenvalue weighted by molar-refractivity contribution is -0.114. The SMILES string of the molecule is CC(=O)Nc1ccc(Cl)c(C(=O)Oc2ccccc2)c1. The van der Waals surface area contributed by atoms with E-state index >= 15 is 0 Å². The highest BCUT2D eigenvalue weighted by atomic mass is 35.5. The minimum absolute atomic E-state index is 0.196. The number of carbonyl (C=O) groups is 2. The zero-order valence-corrected chi connectivity index (χ0v) is 11.5. The number of hydrogen-bond acceptors (Lipinski definition) is 3. The van der Waals surface area contributed by atoms with Gasteiger partial charge in [-0.3, -0.25) is 4.79 Å². The van der Waals surface area contributed by atoms with Crippen molar-refractivity contribution in [3.05, 3.63) is 59.1 Å². The Hall–Kier alpha value is -2.33. The molecular weight excluding hydrogens is 278 g/mol. The molecule has 0 fully saturated rings. The molecule has 102 valence electrons. The van der Waals surface area contributed by atoms with Crippen LogP contribution in [0.2, 0.25) is 5.02 Å². The molecule has 0 saturated carbocycles. The maximum absolute atomic E-state index is 12.1. The van der Waals surface area contributed by atoms with Crippen LogP contribution in [-0.2, 0) is 4.79 Å². The third-order valence-electron chi connectivity index (χ3n) is 2.46. The molecule has 0 atom stereocenters. The lowest BCUT2D eigenvalue weighted by Crippen LogP contribution is -2.11. The molecule has 1 N–H and O–H groups in total. The van der Waals surface area contributed by atoms with E-state index in [1.165, 1.54) is 19.1 Å². The summed E-state index contributed by atoms with van der Waals surface area (Å²) in [4.78, 5) is 23.1. The van der Waals surface area contributed by atoms with Gasteiger partial charge in [0.05, 0.1) is 10.6 Å². The van der Waals surface area contributed by atoms with Crippen LogP contribution in [0.25, 0.3) is 0 Å². The summed E-state index contributed by atoms with van der Waals surface area (Å²) in [5.41, 5.74) is 0.684. The van der Waals surface area contributed by atoms with E-state index in [0.29, 0.717) is 11.4 Å².